The summed E-state index contributed by atoms with van der Waals surface area (Å²) >= 11 is 7.74. The second kappa shape index (κ2) is 11.1. The van der Waals surface area contributed by atoms with Crippen LogP contribution in [0.1, 0.15) is 16.6 Å². The van der Waals surface area contributed by atoms with Gasteiger partial charge in [-0.1, -0.05) is 17.7 Å². The van der Waals surface area contributed by atoms with Crippen LogP contribution >= 0.6 is 22.9 Å². The highest BCUT2D eigenvalue weighted by Gasteiger charge is 2.35. The van der Waals surface area contributed by atoms with Gasteiger partial charge in [-0.25, -0.2) is 19.0 Å². The highest BCUT2D eigenvalue weighted by molar-refractivity contribution is 7.11. The molecule has 12 heteroatoms. The molecule has 0 amide bonds. The number of hydrogen-bond acceptors (Lipinski definition) is 9. The van der Waals surface area contributed by atoms with E-state index in [9.17, 15) is 14.0 Å². The van der Waals surface area contributed by atoms with E-state index in [-0.39, 0.29) is 10.6 Å². The van der Waals surface area contributed by atoms with Crippen LogP contribution < -0.4 is 5.32 Å². The number of rotatable bonds is 7. The Morgan fingerprint density at radius 2 is 2.29 bits per heavy atom. The van der Waals surface area contributed by atoms with Crippen molar-refractivity contribution in [3.63, 3.8) is 0 Å². The van der Waals surface area contributed by atoms with E-state index in [2.05, 4.69) is 10.3 Å². The molecule has 9 nitrogen and oxygen atoms in total. The van der Waals surface area contributed by atoms with E-state index in [1.165, 1.54) is 42.7 Å². The number of carboxylic acids is 1. The number of amidine groups is 1. The molecule has 2 aliphatic rings. The van der Waals surface area contributed by atoms with Crippen LogP contribution in [0, 0.1) is 5.82 Å². The van der Waals surface area contributed by atoms with Crippen LogP contribution in [0.2, 0.25) is 5.02 Å². The molecule has 0 spiro atoms. The van der Waals surface area contributed by atoms with Crippen molar-refractivity contribution in [2.45, 2.75) is 12.1 Å². The summed E-state index contributed by atoms with van der Waals surface area (Å²) in [6.07, 6.45) is 3.76. The molecule has 1 aromatic carbocycles. The van der Waals surface area contributed by atoms with Crippen LogP contribution in [0.25, 0.3) is 0 Å². The van der Waals surface area contributed by atoms with Gasteiger partial charge in [-0.2, -0.15) is 0 Å². The minimum atomic E-state index is -1.06. The standard InChI is InChI=1S/C23H22ClFN4O5S/c1-33-23(32)19-17(12-29-7-8-34-14(11-29)3-5-18(30)31)27-21(22-26-6-9-35-22)28-20(19)15-4-2-13(25)10-16(15)24/h2-6,9-10,14,20H,7-8,11-12H2,1H3,(H,27,28)(H,30,31)/b5-3+. The maximum Gasteiger partial charge on any atom is 0.338 e. The number of nitrogens with one attached hydrogen (secondary N) is 1. The summed E-state index contributed by atoms with van der Waals surface area (Å²) in [5.74, 6) is -1.72. The third-order valence-electron chi connectivity index (χ3n) is 5.44. The maximum absolute atomic E-state index is 13.8. The van der Waals surface area contributed by atoms with Gasteiger partial charge in [0.25, 0.3) is 0 Å². The first-order chi connectivity index (χ1) is 16.9. The van der Waals surface area contributed by atoms with Gasteiger partial charge in [-0.3, -0.25) is 9.89 Å². The number of halogens is 2. The van der Waals surface area contributed by atoms with Gasteiger partial charge in [0, 0.05) is 53.6 Å². The third kappa shape index (κ3) is 5.93. The fourth-order valence-corrected chi connectivity index (χ4v) is 4.73. The van der Waals surface area contributed by atoms with Crippen LogP contribution in [0.4, 0.5) is 4.39 Å². The molecule has 2 unspecified atom stereocenters. The molecule has 184 valence electrons. The van der Waals surface area contributed by atoms with Crippen molar-refractivity contribution < 1.29 is 28.6 Å². The minimum Gasteiger partial charge on any atom is -0.478 e. The summed E-state index contributed by atoms with van der Waals surface area (Å²) in [7, 11) is 1.28. The van der Waals surface area contributed by atoms with E-state index in [0.717, 1.165) is 6.08 Å². The number of methoxy groups -OCH3 is 1. The van der Waals surface area contributed by atoms with Gasteiger partial charge in [0.15, 0.2) is 10.8 Å². The van der Waals surface area contributed by atoms with Gasteiger partial charge in [0.05, 0.1) is 25.4 Å². The lowest BCUT2D eigenvalue weighted by atomic mass is 9.95. The van der Waals surface area contributed by atoms with Crippen LogP contribution in [-0.2, 0) is 19.1 Å². The number of thiazole rings is 1. The van der Waals surface area contributed by atoms with Crippen LogP contribution in [0.5, 0.6) is 0 Å². The molecule has 1 aromatic heterocycles. The molecule has 0 radical (unpaired) electrons. The zero-order valence-corrected chi connectivity index (χ0v) is 20.2. The molecule has 2 aliphatic heterocycles. The molecule has 2 aromatic rings. The number of hydrogen-bond donors (Lipinski definition) is 2. The maximum atomic E-state index is 13.8. The van der Waals surface area contributed by atoms with Crippen molar-refractivity contribution in [1.82, 2.24) is 15.2 Å². The van der Waals surface area contributed by atoms with Crippen LogP contribution in [0.15, 0.2) is 58.2 Å². The topological polar surface area (TPSA) is 113 Å². The van der Waals surface area contributed by atoms with Gasteiger partial charge in [0.1, 0.15) is 11.9 Å². The number of esters is 1. The zero-order valence-electron chi connectivity index (χ0n) is 18.6. The first-order valence-electron chi connectivity index (χ1n) is 10.6. The summed E-state index contributed by atoms with van der Waals surface area (Å²) in [6.45, 7) is 1.65. The first kappa shape index (κ1) is 25.0. The fourth-order valence-electron chi connectivity index (χ4n) is 3.87. The van der Waals surface area contributed by atoms with E-state index in [0.29, 0.717) is 48.3 Å². The molecule has 1 saturated heterocycles. The highest BCUT2D eigenvalue weighted by Crippen LogP contribution is 2.36. The molecule has 1 fully saturated rings. The zero-order chi connectivity index (χ0) is 24.9. The second-order valence-corrected chi connectivity index (χ2v) is 9.04. The second-order valence-electron chi connectivity index (χ2n) is 7.73. The number of morpholine rings is 1. The quantitative estimate of drug-likeness (QED) is 0.423. The Labute approximate surface area is 209 Å². The average molecular weight is 521 g/mol. The minimum absolute atomic E-state index is 0.130. The lowest BCUT2D eigenvalue weighted by molar-refractivity contribution is -0.136. The Balaban J connectivity index is 1.73. The Bertz CT molecular complexity index is 1200. The van der Waals surface area contributed by atoms with Gasteiger partial charge in [-0.15, -0.1) is 11.3 Å². The number of ether oxygens (including phenoxy) is 2. The first-order valence-corrected chi connectivity index (χ1v) is 11.9. The highest BCUT2D eigenvalue weighted by atomic mass is 35.5. The fraction of sp³-hybridized carbons (Fsp3) is 0.304. The van der Waals surface area contributed by atoms with Gasteiger partial charge in [0.2, 0.25) is 0 Å². The molecular weight excluding hydrogens is 499 g/mol. The monoisotopic (exact) mass is 520 g/mol. The number of aromatic nitrogens is 1. The van der Waals surface area contributed by atoms with E-state index in [1.54, 1.807) is 11.6 Å². The van der Waals surface area contributed by atoms with Crippen molar-refractivity contribution in [3.8, 4) is 0 Å². The lowest BCUT2D eigenvalue weighted by Gasteiger charge is -2.34. The smallest absolute Gasteiger partial charge is 0.338 e. The number of benzene rings is 1. The molecule has 35 heavy (non-hydrogen) atoms. The lowest BCUT2D eigenvalue weighted by Crippen LogP contribution is -2.46. The third-order valence-corrected chi connectivity index (χ3v) is 6.54. The number of aliphatic imine (C=N–C) groups is 1. The summed E-state index contributed by atoms with van der Waals surface area (Å²) in [5, 5.41) is 14.7. The number of aliphatic carboxylic acids is 1. The van der Waals surface area contributed by atoms with Crippen molar-refractivity contribution >= 4 is 40.7 Å². The van der Waals surface area contributed by atoms with Crippen LogP contribution in [0.3, 0.4) is 0 Å². The van der Waals surface area contributed by atoms with E-state index < -0.39 is 29.9 Å². The number of carbonyl (C=O) groups is 2. The number of carbonyl (C=O) groups excluding carboxylic acids is 1. The van der Waals surface area contributed by atoms with Crippen molar-refractivity contribution in [3.05, 3.63) is 74.6 Å². The Kier molecular flexibility index (Phi) is 7.91. The molecule has 3 heterocycles. The average Bonchev–Trinajstić information content (AvgIpc) is 3.37. The predicted octanol–water partition coefficient (Wildman–Crippen LogP) is 2.80. The van der Waals surface area contributed by atoms with Crippen molar-refractivity contribution in [1.29, 1.82) is 0 Å². The number of carboxylic acid groups (broad SMARTS) is 1. The molecule has 0 saturated carbocycles. The molecule has 4 rings (SSSR count). The van der Waals surface area contributed by atoms with Gasteiger partial charge >= 0.3 is 11.9 Å². The van der Waals surface area contributed by atoms with Crippen LogP contribution in [-0.4, -0.2) is 72.2 Å². The molecule has 2 N–H and O–H groups in total. The van der Waals surface area contributed by atoms with Gasteiger partial charge in [-0.05, 0) is 18.2 Å². The van der Waals surface area contributed by atoms with E-state index in [1.807, 2.05) is 4.90 Å². The normalized spacial score (nSPS) is 21.1. The SMILES string of the molecule is COC(=O)C1=C(CN2CCOC(/C=C/C(=O)O)C2)NC(c2nccs2)=NC1c1ccc(F)cc1Cl. The molecule has 0 aliphatic carbocycles. The van der Waals surface area contributed by atoms with Crippen molar-refractivity contribution in [2.75, 3.05) is 33.4 Å². The summed E-state index contributed by atoms with van der Waals surface area (Å²) in [6, 6.07) is 3.08. The van der Waals surface area contributed by atoms with Crippen molar-refractivity contribution in [2.24, 2.45) is 4.99 Å². The molecular formula is C23H22ClFN4O5S. The van der Waals surface area contributed by atoms with E-state index in [4.69, 9.17) is 31.2 Å². The Morgan fingerprint density at radius 1 is 1.46 bits per heavy atom. The summed E-state index contributed by atoms with van der Waals surface area (Å²) < 4.78 is 24.5. The number of nitrogens with zero attached hydrogens (tertiary/aromatic N) is 3. The Morgan fingerprint density at radius 3 is 2.97 bits per heavy atom. The predicted molar refractivity (Wildman–Crippen MR) is 128 cm³/mol. The van der Waals surface area contributed by atoms with Gasteiger partial charge < -0.3 is 19.9 Å². The summed E-state index contributed by atoms with van der Waals surface area (Å²) in [5.41, 5.74) is 1.22. The Hall–Kier alpha value is -3.12. The largest absolute Gasteiger partial charge is 0.478 e. The van der Waals surface area contributed by atoms with E-state index >= 15 is 0 Å². The molecule has 0 bridgehead atoms. The molecule has 2 atom stereocenters. The summed E-state index contributed by atoms with van der Waals surface area (Å²) in [4.78, 5) is 34.9.